The highest BCUT2D eigenvalue weighted by Gasteiger charge is 2.38. The van der Waals surface area contributed by atoms with E-state index in [2.05, 4.69) is 49.6 Å². The van der Waals surface area contributed by atoms with Gasteiger partial charge in [-0.05, 0) is 71.6 Å². The maximum Gasteiger partial charge on any atom is 0.226 e. The molecular formula is C20H29N3O2. The Bertz CT molecular complexity index is 789. The van der Waals surface area contributed by atoms with E-state index < -0.39 is 0 Å². The van der Waals surface area contributed by atoms with Gasteiger partial charge in [0.05, 0.1) is 6.42 Å². The predicted octanol–water partition coefficient (Wildman–Crippen LogP) is 3.41. The average molecular weight is 343 g/mol. The Morgan fingerprint density at radius 2 is 1.88 bits per heavy atom. The van der Waals surface area contributed by atoms with Gasteiger partial charge in [0.2, 0.25) is 5.91 Å². The van der Waals surface area contributed by atoms with Crippen molar-refractivity contribution in [2.75, 3.05) is 0 Å². The predicted molar refractivity (Wildman–Crippen MR) is 99.6 cm³/mol. The van der Waals surface area contributed by atoms with Gasteiger partial charge in [0.15, 0.2) is 5.58 Å². The fraction of sp³-hybridized carbons (Fsp3) is 0.600. The van der Waals surface area contributed by atoms with Crippen LogP contribution in [0.3, 0.4) is 0 Å². The molecule has 1 aliphatic heterocycles. The molecule has 1 fully saturated rings. The Labute approximate surface area is 149 Å². The number of piperidine rings is 1. The number of nitrogens with one attached hydrogen (secondary N) is 2. The van der Waals surface area contributed by atoms with Gasteiger partial charge in [0, 0.05) is 22.5 Å². The van der Waals surface area contributed by atoms with Crippen LogP contribution in [0.15, 0.2) is 16.7 Å². The van der Waals surface area contributed by atoms with Gasteiger partial charge in [-0.3, -0.25) is 4.79 Å². The molecule has 1 amide bonds. The molecule has 1 aromatic heterocycles. The van der Waals surface area contributed by atoms with Gasteiger partial charge in [-0.25, -0.2) is 0 Å². The second-order valence-corrected chi connectivity index (χ2v) is 8.83. The Hall–Kier alpha value is -1.88. The van der Waals surface area contributed by atoms with Crippen molar-refractivity contribution in [1.29, 1.82) is 0 Å². The van der Waals surface area contributed by atoms with E-state index in [0.717, 1.165) is 40.6 Å². The van der Waals surface area contributed by atoms with Gasteiger partial charge in [-0.15, -0.1) is 0 Å². The molecule has 136 valence electrons. The summed E-state index contributed by atoms with van der Waals surface area (Å²) in [6.07, 6.45) is 2.08. The van der Waals surface area contributed by atoms with Crippen LogP contribution in [-0.2, 0) is 11.2 Å². The van der Waals surface area contributed by atoms with E-state index in [0.29, 0.717) is 0 Å². The van der Waals surface area contributed by atoms with Crippen molar-refractivity contribution in [2.45, 2.75) is 77.9 Å². The summed E-state index contributed by atoms with van der Waals surface area (Å²) < 4.78 is 5.43. The lowest BCUT2D eigenvalue weighted by Gasteiger charge is -2.46. The second-order valence-electron chi connectivity index (χ2n) is 8.83. The molecule has 5 heteroatoms. The van der Waals surface area contributed by atoms with Crippen LogP contribution in [0.25, 0.3) is 11.0 Å². The largest absolute Gasteiger partial charge is 0.356 e. The SMILES string of the molecule is Cc1cc(C)c2c(CC(=O)NC3CC(C)(C)NC(C)(C)C3)noc2c1. The van der Waals surface area contributed by atoms with Crippen molar-refractivity contribution in [2.24, 2.45) is 0 Å². The first-order chi connectivity index (χ1) is 11.5. The molecule has 0 spiro atoms. The van der Waals surface area contributed by atoms with E-state index >= 15 is 0 Å². The molecular weight excluding hydrogens is 314 g/mol. The minimum Gasteiger partial charge on any atom is -0.356 e. The molecule has 0 bridgehead atoms. The number of hydrogen-bond donors (Lipinski definition) is 2. The smallest absolute Gasteiger partial charge is 0.226 e. The average Bonchev–Trinajstić information content (AvgIpc) is 2.77. The first-order valence-corrected chi connectivity index (χ1v) is 8.99. The third kappa shape index (κ3) is 4.03. The zero-order chi connectivity index (χ0) is 18.4. The highest BCUT2D eigenvalue weighted by atomic mass is 16.5. The summed E-state index contributed by atoms with van der Waals surface area (Å²) in [6, 6.07) is 4.23. The van der Waals surface area contributed by atoms with Gasteiger partial charge in [0.25, 0.3) is 0 Å². The molecule has 0 aliphatic carbocycles. The molecule has 25 heavy (non-hydrogen) atoms. The Morgan fingerprint density at radius 1 is 1.24 bits per heavy atom. The van der Waals surface area contributed by atoms with Crippen molar-refractivity contribution >= 4 is 16.9 Å². The topological polar surface area (TPSA) is 67.2 Å². The zero-order valence-electron chi connectivity index (χ0n) is 16.1. The lowest BCUT2D eigenvalue weighted by molar-refractivity contribution is -0.121. The first-order valence-electron chi connectivity index (χ1n) is 8.99. The molecule has 5 nitrogen and oxygen atoms in total. The van der Waals surface area contributed by atoms with Crippen LogP contribution in [-0.4, -0.2) is 28.2 Å². The van der Waals surface area contributed by atoms with Gasteiger partial charge < -0.3 is 15.2 Å². The standard InChI is InChI=1S/C20H29N3O2/c1-12-7-13(2)18-15(22-25-16(18)8-12)9-17(24)21-14-10-19(3,4)23-20(5,6)11-14/h7-8,14,23H,9-11H2,1-6H3,(H,21,24). The van der Waals surface area contributed by atoms with Crippen molar-refractivity contribution in [3.05, 3.63) is 29.0 Å². The Kier molecular flexibility index (Phi) is 4.40. The number of aryl methyl sites for hydroxylation is 2. The highest BCUT2D eigenvalue weighted by Crippen LogP contribution is 2.29. The molecule has 2 N–H and O–H groups in total. The van der Waals surface area contributed by atoms with E-state index in [1.807, 2.05) is 19.9 Å². The van der Waals surface area contributed by atoms with Crippen LogP contribution in [0.2, 0.25) is 0 Å². The number of hydrogen-bond acceptors (Lipinski definition) is 4. The minimum atomic E-state index is 0.00803. The van der Waals surface area contributed by atoms with Crippen LogP contribution in [0.4, 0.5) is 0 Å². The van der Waals surface area contributed by atoms with Crippen molar-refractivity contribution < 1.29 is 9.32 Å². The monoisotopic (exact) mass is 343 g/mol. The van der Waals surface area contributed by atoms with Crippen LogP contribution in [0.1, 0.15) is 57.4 Å². The normalized spacial score (nSPS) is 19.9. The van der Waals surface area contributed by atoms with Crippen molar-refractivity contribution in [3.8, 4) is 0 Å². The van der Waals surface area contributed by atoms with Crippen LogP contribution in [0, 0.1) is 13.8 Å². The number of carbonyl (C=O) groups is 1. The van der Waals surface area contributed by atoms with Crippen LogP contribution >= 0.6 is 0 Å². The van der Waals surface area contributed by atoms with E-state index in [1.165, 1.54) is 0 Å². The fourth-order valence-electron chi connectivity index (χ4n) is 4.50. The van der Waals surface area contributed by atoms with E-state index in [9.17, 15) is 4.79 Å². The Balaban J connectivity index is 1.73. The van der Waals surface area contributed by atoms with E-state index in [-0.39, 0.29) is 29.4 Å². The van der Waals surface area contributed by atoms with E-state index in [1.54, 1.807) is 0 Å². The molecule has 0 unspecified atom stereocenters. The van der Waals surface area contributed by atoms with Gasteiger partial charge >= 0.3 is 0 Å². The molecule has 1 aromatic carbocycles. The summed E-state index contributed by atoms with van der Waals surface area (Å²) in [4.78, 5) is 12.6. The quantitative estimate of drug-likeness (QED) is 0.896. The van der Waals surface area contributed by atoms with Crippen LogP contribution in [0.5, 0.6) is 0 Å². The maximum atomic E-state index is 12.6. The summed E-state index contributed by atoms with van der Waals surface area (Å²) in [6.45, 7) is 12.8. The molecule has 1 aliphatic rings. The number of rotatable bonds is 3. The third-order valence-electron chi connectivity index (χ3n) is 4.87. The van der Waals surface area contributed by atoms with Crippen molar-refractivity contribution in [1.82, 2.24) is 15.8 Å². The number of fused-ring (bicyclic) bond motifs is 1. The lowest BCUT2D eigenvalue weighted by atomic mass is 9.79. The zero-order valence-corrected chi connectivity index (χ0v) is 16.1. The van der Waals surface area contributed by atoms with E-state index in [4.69, 9.17) is 4.52 Å². The summed E-state index contributed by atoms with van der Waals surface area (Å²) in [5.41, 5.74) is 3.73. The molecule has 1 saturated heterocycles. The number of nitrogens with zero attached hydrogens (tertiary/aromatic N) is 1. The van der Waals surface area contributed by atoms with Gasteiger partial charge in [-0.1, -0.05) is 11.2 Å². The first kappa shape index (κ1) is 17.9. The molecule has 0 atom stereocenters. The number of amides is 1. The highest BCUT2D eigenvalue weighted by molar-refractivity contribution is 5.88. The molecule has 0 radical (unpaired) electrons. The summed E-state index contributed by atoms with van der Waals surface area (Å²) in [5, 5.41) is 11.9. The summed E-state index contributed by atoms with van der Waals surface area (Å²) >= 11 is 0. The fourth-order valence-corrected chi connectivity index (χ4v) is 4.50. The summed E-state index contributed by atoms with van der Waals surface area (Å²) in [7, 11) is 0. The molecule has 0 saturated carbocycles. The van der Waals surface area contributed by atoms with Gasteiger partial charge in [0.1, 0.15) is 5.69 Å². The lowest BCUT2D eigenvalue weighted by Crippen LogP contribution is -2.62. The molecule has 3 rings (SSSR count). The van der Waals surface area contributed by atoms with Crippen molar-refractivity contribution in [3.63, 3.8) is 0 Å². The van der Waals surface area contributed by atoms with Crippen LogP contribution < -0.4 is 10.6 Å². The maximum absolute atomic E-state index is 12.6. The van der Waals surface area contributed by atoms with Gasteiger partial charge in [-0.2, -0.15) is 0 Å². The Morgan fingerprint density at radius 3 is 2.52 bits per heavy atom. The number of aromatic nitrogens is 1. The second kappa shape index (κ2) is 6.13. The molecule has 2 heterocycles. The number of benzene rings is 1. The third-order valence-corrected chi connectivity index (χ3v) is 4.87. The number of carbonyl (C=O) groups excluding carboxylic acids is 1. The molecule has 2 aromatic rings. The minimum absolute atomic E-state index is 0.00803. The summed E-state index contributed by atoms with van der Waals surface area (Å²) in [5.74, 6) is 0.00803.